The summed E-state index contributed by atoms with van der Waals surface area (Å²) in [4.78, 5) is 10.9. The van der Waals surface area contributed by atoms with E-state index in [0.717, 1.165) is 0 Å². The summed E-state index contributed by atoms with van der Waals surface area (Å²) in [5.41, 5.74) is 0.465. The fourth-order valence-electron chi connectivity index (χ4n) is 1.95. The quantitative estimate of drug-likeness (QED) is 0.669. The molecule has 1 aromatic carbocycles. The maximum absolute atomic E-state index is 12.1. The van der Waals surface area contributed by atoms with Crippen LogP contribution >= 0.6 is 0 Å². The van der Waals surface area contributed by atoms with Gasteiger partial charge in [-0.05, 0) is 30.0 Å². The van der Waals surface area contributed by atoms with Crippen molar-refractivity contribution in [3.63, 3.8) is 0 Å². The van der Waals surface area contributed by atoms with Gasteiger partial charge < -0.3 is 10.2 Å². The molecule has 1 rings (SSSR count). The molecular weight excluding hydrogens is 294 g/mol. The molecule has 0 saturated carbocycles. The molecule has 118 valence electrons. The number of carbonyl (C=O) groups is 1. The number of carboxylic acids is 1. The molecule has 1 unspecified atom stereocenters. The third-order valence-electron chi connectivity index (χ3n) is 3.11. The first-order valence-electron chi connectivity index (χ1n) is 6.68. The van der Waals surface area contributed by atoms with Crippen LogP contribution < -0.4 is 4.72 Å². The Morgan fingerprint density at radius 1 is 1.33 bits per heavy atom. The van der Waals surface area contributed by atoms with Crippen LogP contribution in [-0.2, 0) is 15.8 Å². The van der Waals surface area contributed by atoms with Crippen molar-refractivity contribution in [2.24, 2.45) is 5.92 Å². The topological polar surface area (TPSA) is 104 Å². The van der Waals surface area contributed by atoms with Crippen molar-refractivity contribution in [1.29, 1.82) is 0 Å². The molecule has 0 aliphatic rings. The zero-order chi connectivity index (χ0) is 16.0. The summed E-state index contributed by atoms with van der Waals surface area (Å²) in [6.45, 7) is 3.64. The average Bonchev–Trinajstić information content (AvgIpc) is 2.37. The number of aliphatic hydroxyl groups excluding tert-OH is 1. The SMILES string of the molecule is CC(C)C(CCO)NS(=O)(=O)Cc1cccc(C(=O)O)c1. The molecule has 0 bridgehead atoms. The first-order valence-corrected chi connectivity index (χ1v) is 8.33. The van der Waals surface area contributed by atoms with Crippen molar-refractivity contribution >= 4 is 16.0 Å². The van der Waals surface area contributed by atoms with Gasteiger partial charge in [0.25, 0.3) is 0 Å². The molecule has 0 spiro atoms. The van der Waals surface area contributed by atoms with E-state index in [0.29, 0.717) is 12.0 Å². The molecule has 7 heteroatoms. The van der Waals surface area contributed by atoms with Gasteiger partial charge in [-0.3, -0.25) is 0 Å². The van der Waals surface area contributed by atoms with Crippen LogP contribution in [-0.4, -0.2) is 37.2 Å². The minimum atomic E-state index is -3.60. The van der Waals surface area contributed by atoms with Crippen molar-refractivity contribution in [2.75, 3.05) is 6.61 Å². The van der Waals surface area contributed by atoms with Crippen LogP contribution in [0.3, 0.4) is 0 Å². The Morgan fingerprint density at radius 3 is 2.52 bits per heavy atom. The second kappa shape index (κ2) is 7.53. The summed E-state index contributed by atoms with van der Waals surface area (Å²) in [5.74, 6) is -1.33. The lowest BCUT2D eigenvalue weighted by Crippen LogP contribution is -2.39. The van der Waals surface area contributed by atoms with Crippen LogP contribution in [0.5, 0.6) is 0 Å². The van der Waals surface area contributed by atoms with E-state index >= 15 is 0 Å². The molecule has 1 aromatic rings. The average molecular weight is 315 g/mol. The molecule has 0 fully saturated rings. The maximum atomic E-state index is 12.1. The van der Waals surface area contributed by atoms with Gasteiger partial charge in [-0.2, -0.15) is 0 Å². The molecule has 0 aliphatic heterocycles. The monoisotopic (exact) mass is 315 g/mol. The summed E-state index contributed by atoms with van der Waals surface area (Å²) in [5, 5.41) is 17.9. The molecule has 0 radical (unpaired) electrons. The van der Waals surface area contributed by atoms with Crippen LogP contribution in [0.25, 0.3) is 0 Å². The number of aromatic carboxylic acids is 1. The lowest BCUT2D eigenvalue weighted by molar-refractivity contribution is 0.0696. The summed E-state index contributed by atoms with van der Waals surface area (Å²) in [7, 11) is -3.60. The minimum absolute atomic E-state index is 0.0530. The number of rotatable bonds is 8. The van der Waals surface area contributed by atoms with E-state index in [1.54, 1.807) is 6.07 Å². The lowest BCUT2D eigenvalue weighted by atomic mass is 10.0. The summed E-state index contributed by atoms with van der Waals surface area (Å²) >= 11 is 0. The molecular formula is C14H21NO5S. The lowest BCUT2D eigenvalue weighted by Gasteiger charge is -2.21. The van der Waals surface area contributed by atoms with E-state index in [4.69, 9.17) is 10.2 Å². The molecule has 0 amide bonds. The molecule has 0 aromatic heterocycles. The van der Waals surface area contributed by atoms with Crippen LogP contribution in [0.15, 0.2) is 24.3 Å². The van der Waals surface area contributed by atoms with Gasteiger partial charge in [0, 0.05) is 12.6 Å². The molecule has 3 N–H and O–H groups in total. The Hall–Kier alpha value is -1.44. The number of nitrogens with one attached hydrogen (secondary N) is 1. The van der Waals surface area contributed by atoms with Crippen LogP contribution in [0, 0.1) is 5.92 Å². The minimum Gasteiger partial charge on any atom is -0.478 e. The Morgan fingerprint density at radius 2 is 2.00 bits per heavy atom. The zero-order valence-corrected chi connectivity index (χ0v) is 12.9. The molecule has 0 aliphatic carbocycles. The molecule has 0 heterocycles. The largest absolute Gasteiger partial charge is 0.478 e. The Labute approximate surface area is 124 Å². The predicted octanol–water partition coefficient (Wildman–Crippen LogP) is 1.21. The van der Waals surface area contributed by atoms with Gasteiger partial charge in [-0.25, -0.2) is 17.9 Å². The van der Waals surface area contributed by atoms with Gasteiger partial charge in [-0.15, -0.1) is 0 Å². The van der Waals surface area contributed by atoms with Gasteiger partial charge in [0.05, 0.1) is 11.3 Å². The fourth-order valence-corrected chi connectivity index (χ4v) is 3.51. The number of sulfonamides is 1. The Bertz CT molecular complexity index is 583. The number of hydrogen-bond donors (Lipinski definition) is 3. The van der Waals surface area contributed by atoms with E-state index in [9.17, 15) is 13.2 Å². The van der Waals surface area contributed by atoms with Gasteiger partial charge in [0.15, 0.2) is 0 Å². The molecule has 6 nitrogen and oxygen atoms in total. The van der Waals surface area contributed by atoms with E-state index < -0.39 is 16.0 Å². The van der Waals surface area contributed by atoms with Crippen molar-refractivity contribution in [1.82, 2.24) is 4.72 Å². The van der Waals surface area contributed by atoms with Gasteiger partial charge >= 0.3 is 5.97 Å². The van der Waals surface area contributed by atoms with Crippen molar-refractivity contribution in [3.05, 3.63) is 35.4 Å². The maximum Gasteiger partial charge on any atom is 0.335 e. The highest BCUT2D eigenvalue weighted by Gasteiger charge is 2.21. The fraction of sp³-hybridized carbons (Fsp3) is 0.500. The van der Waals surface area contributed by atoms with Gasteiger partial charge in [0.1, 0.15) is 0 Å². The molecule has 0 saturated heterocycles. The second-order valence-corrected chi connectivity index (χ2v) is 7.00. The standard InChI is InChI=1S/C14H21NO5S/c1-10(2)13(6-7-16)15-21(19,20)9-11-4-3-5-12(8-11)14(17)18/h3-5,8,10,13,15-16H,6-7,9H2,1-2H3,(H,17,18). The van der Waals surface area contributed by atoms with E-state index in [1.807, 2.05) is 13.8 Å². The number of carboxylic acid groups (broad SMARTS) is 1. The number of hydrogen-bond acceptors (Lipinski definition) is 4. The first-order chi connectivity index (χ1) is 9.75. The van der Waals surface area contributed by atoms with Crippen molar-refractivity contribution in [2.45, 2.75) is 32.1 Å². The number of aliphatic hydroxyl groups is 1. The highest BCUT2D eigenvalue weighted by Crippen LogP contribution is 2.12. The van der Waals surface area contributed by atoms with Crippen LogP contribution in [0.2, 0.25) is 0 Å². The third kappa shape index (κ3) is 5.82. The van der Waals surface area contributed by atoms with E-state index in [1.165, 1.54) is 18.2 Å². The predicted molar refractivity (Wildman–Crippen MR) is 79.5 cm³/mol. The van der Waals surface area contributed by atoms with Crippen molar-refractivity contribution in [3.8, 4) is 0 Å². The van der Waals surface area contributed by atoms with Crippen LogP contribution in [0.4, 0.5) is 0 Å². The van der Waals surface area contributed by atoms with E-state index in [-0.39, 0.29) is 29.9 Å². The zero-order valence-electron chi connectivity index (χ0n) is 12.1. The smallest absolute Gasteiger partial charge is 0.335 e. The third-order valence-corrected chi connectivity index (χ3v) is 4.48. The van der Waals surface area contributed by atoms with Gasteiger partial charge in [0.2, 0.25) is 10.0 Å². The Kier molecular flexibility index (Phi) is 6.32. The summed E-state index contributed by atoms with van der Waals surface area (Å²) in [6, 6.07) is 5.50. The summed E-state index contributed by atoms with van der Waals surface area (Å²) < 4.78 is 26.8. The van der Waals surface area contributed by atoms with E-state index in [2.05, 4.69) is 4.72 Å². The molecule has 21 heavy (non-hydrogen) atoms. The highest BCUT2D eigenvalue weighted by atomic mass is 32.2. The number of benzene rings is 1. The van der Waals surface area contributed by atoms with Gasteiger partial charge in [-0.1, -0.05) is 26.0 Å². The second-order valence-electron chi connectivity index (χ2n) is 5.25. The Balaban J connectivity index is 2.84. The first kappa shape index (κ1) is 17.6. The molecule has 1 atom stereocenters. The van der Waals surface area contributed by atoms with Crippen molar-refractivity contribution < 1.29 is 23.4 Å². The normalized spacial score (nSPS) is 13.3. The van der Waals surface area contributed by atoms with Crippen LogP contribution in [0.1, 0.15) is 36.2 Å². The highest BCUT2D eigenvalue weighted by molar-refractivity contribution is 7.88. The summed E-state index contributed by atoms with van der Waals surface area (Å²) in [6.07, 6.45) is 0.339.